The van der Waals surface area contributed by atoms with Crippen LogP contribution in [0.4, 0.5) is 5.69 Å². The number of ether oxygens (including phenoxy) is 1. The minimum Gasteiger partial charge on any atom is -0.380 e. The predicted molar refractivity (Wildman–Crippen MR) is 70.4 cm³/mol. The van der Waals surface area contributed by atoms with Crippen LogP contribution in [0.2, 0.25) is 0 Å². The van der Waals surface area contributed by atoms with Gasteiger partial charge in [0, 0.05) is 18.8 Å². The van der Waals surface area contributed by atoms with Crippen LogP contribution in [0, 0.1) is 13.8 Å². The fourth-order valence-electron chi connectivity index (χ4n) is 2.41. The third kappa shape index (κ3) is 2.97. The molecular formula is C14H22N2O. The maximum Gasteiger partial charge on any atom is 0.0606 e. The van der Waals surface area contributed by atoms with Crippen LogP contribution in [-0.2, 0) is 4.74 Å². The van der Waals surface area contributed by atoms with E-state index in [1.54, 1.807) is 0 Å². The third-order valence-electron chi connectivity index (χ3n) is 3.52. The summed E-state index contributed by atoms with van der Waals surface area (Å²) in [6.45, 7) is 7.25. The normalized spacial score (nSPS) is 24.6. The summed E-state index contributed by atoms with van der Waals surface area (Å²) in [6.07, 6.45) is 5.57. The van der Waals surface area contributed by atoms with Crippen LogP contribution >= 0.6 is 0 Å². The number of hydrogen-bond donors (Lipinski definition) is 1. The molecule has 0 bridgehead atoms. The van der Waals surface area contributed by atoms with E-state index in [4.69, 9.17) is 4.74 Å². The molecule has 2 unspecified atom stereocenters. The number of anilines is 1. The van der Waals surface area contributed by atoms with Gasteiger partial charge in [0.05, 0.1) is 17.5 Å². The van der Waals surface area contributed by atoms with Crippen molar-refractivity contribution in [1.29, 1.82) is 0 Å². The van der Waals surface area contributed by atoms with Crippen LogP contribution in [0.1, 0.15) is 37.4 Å². The van der Waals surface area contributed by atoms with Crippen molar-refractivity contribution < 1.29 is 4.74 Å². The summed E-state index contributed by atoms with van der Waals surface area (Å²) in [5.74, 6) is 0. The predicted octanol–water partition coefficient (Wildman–Crippen LogP) is 3.07. The van der Waals surface area contributed by atoms with Gasteiger partial charge in [-0.25, -0.2) is 0 Å². The van der Waals surface area contributed by atoms with E-state index < -0.39 is 0 Å². The van der Waals surface area contributed by atoms with Crippen LogP contribution in [-0.4, -0.2) is 23.7 Å². The molecule has 17 heavy (non-hydrogen) atoms. The second-order valence-corrected chi connectivity index (χ2v) is 4.85. The van der Waals surface area contributed by atoms with E-state index in [0.29, 0.717) is 12.1 Å². The Balaban J connectivity index is 2.05. The summed E-state index contributed by atoms with van der Waals surface area (Å²) >= 11 is 0. The average molecular weight is 234 g/mol. The summed E-state index contributed by atoms with van der Waals surface area (Å²) in [4.78, 5) is 4.35. The smallest absolute Gasteiger partial charge is 0.0606 e. The lowest BCUT2D eigenvalue weighted by Gasteiger charge is -2.31. The highest BCUT2D eigenvalue weighted by Crippen LogP contribution is 2.24. The van der Waals surface area contributed by atoms with Crippen molar-refractivity contribution in [3.8, 4) is 0 Å². The van der Waals surface area contributed by atoms with Gasteiger partial charge in [-0.1, -0.05) is 6.92 Å². The first-order valence-electron chi connectivity index (χ1n) is 6.51. The van der Waals surface area contributed by atoms with Gasteiger partial charge in [0.25, 0.3) is 0 Å². The number of aryl methyl sites for hydroxylation is 2. The van der Waals surface area contributed by atoms with Crippen LogP contribution in [0.5, 0.6) is 0 Å². The zero-order chi connectivity index (χ0) is 12.3. The molecule has 3 heteroatoms. The molecule has 1 fully saturated rings. The SMILES string of the molecule is CCC1CC(Nc2c(C)ccnc2C)CCO1. The molecule has 0 saturated carbocycles. The molecule has 0 amide bonds. The van der Waals surface area contributed by atoms with Crippen molar-refractivity contribution in [2.75, 3.05) is 11.9 Å². The molecule has 1 aromatic rings. The molecule has 1 aliphatic heterocycles. The monoisotopic (exact) mass is 234 g/mol. The van der Waals surface area contributed by atoms with E-state index in [2.05, 4.69) is 37.1 Å². The highest BCUT2D eigenvalue weighted by atomic mass is 16.5. The molecule has 1 saturated heterocycles. The molecule has 2 heterocycles. The number of rotatable bonds is 3. The molecule has 1 N–H and O–H groups in total. The number of nitrogens with one attached hydrogen (secondary N) is 1. The fourth-order valence-corrected chi connectivity index (χ4v) is 2.41. The molecule has 0 aromatic carbocycles. The molecule has 1 aromatic heterocycles. The Bertz CT molecular complexity index is 358. The van der Waals surface area contributed by atoms with Gasteiger partial charge in [0.2, 0.25) is 0 Å². The Kier molecular flexibility index (Phi) is 4.00. The summed E-state index contributed by atoms with van der Waals surface area (Å²) in [5, 5.41) is 3.64. The van der Waals surface area contributed by atoms with Gasteiger partial charge in [0.1, 0.15) is 0 Å². The maximum absolute atomic E-state index is 5.70. The summed E-state index contributed by atoms with van der Waals surface area (Å²) in [5.41, 5.74) is 3.57. The van der Waals surface area contributed by atoms with E-state index >= 15 is 0 Å². The van der Waals surface area contributed by atoms with Gasteiger partial charge in [-0.15, -0.1) is 0 Å². The number of hydrogen-bond acceptors (Lipinski definition) is 3. The van der Waals surface area contributed by atoms with Crippen molar-refractivity contribution in [2.45, 2.75) is 52.2 Å². The molecule has 94 valence electrons. The van der Waals surface area contributed by atoms with Crippen LogP contribution in [0.15, 0.2) is 12.3 Å². The maximum atomic E-state index is 5.70. The van der Waals surface area contributed by atoms with Gasteiger partial charge in [0.15, 0.2) is 0 Å². The van der Waals surface area contributed by atoms with Crippen molar-refractivity contribution in [3.63, 3.8) is 0 Å². The Morgan fingerprint density at radius 3 is 3.00 bits per heavy atom. The van der Waals surface area contributed by atoms with Crippen molar-refractivity contribution in [3.05, 3.63) is 23.5 Å². The average Bonchev–Trinajstić information content (AvgIpc) is 2.34. The largest absolute Gasteiger partial charge is 0.380 e. The molecule has 0 radical (unpaired) electrons. The lowest BCUT2D eigenvalue weighted by Crippen LogP contribution is -2.34. The first-order chi connectivity index (χ1) is 8.20. The van der Waals surface area contributed by atoms with Gasteiger partial charge >= 0.3 is 0 Å². The minimum absolute atomic E-state index is 0.415. The molecule has 3 nitrogen and oxygen atoms in total. The first kappa shape index (κ1) is 12.4. The molecule has 2 atom stereocenters. The first-order valence-corrected chi connectivity index (χ1v) is 6.51. The number of aromatic nitrogens is 1. The van der Waals surface area contributed by atoms with Gasteiger partial charge in [-0.2, -0.15) is 0 Å². The standard InChI is InChI=1S/C14H22N2O/c1-4-13-9-12(6-8-17-13)16-14-10(2)5-7-15-11(14)3/h5,7,12-13,16H,4,6,8-9H2,1-3H3. The Labute approximate surface area is 104 Å². The molecule has 2 rings (SSSR count). The highest BCUT2D eigenvalue weighted by molar-refractivity contribution is 5.54. The van der Waals surface area contributed by atoms with E-state index in [-0.39, 0.29) is 0 Å². The molecule has 1 aliphatic rings. The van der Waals surface area contributed by atoms with Crippen molar-refractivity contribution in [2.24, 2.45) is 0 Å². The summed E-state index contributed by atoms with van der Waals surface area (Å²) in [7, 11) is 0. The molecule has 0 aliphatic carbocycles. The zero-order valence-electron chi connectivity index (χ0n) is 11.0. The van der Waals surface area contributed by atoms with Gasteiger partial charge in [-0.05, 0) is 44.7 Å². The number of pyridine rings is 1. The molecule has 0 spiro atoms. The summed E-state index contributed by atoms with van der Waals surface area (Å²) < 4.78 is 5.70. The quantitative estimate of drug-likeness (QED) is 0.872. The highest BCUT2D eigenvalue weighted by Gasteiger charge is 2.21. The van der Waals surface area contributed by atoms with Crippen molar-refractivity contribution >= 4 is 5.69 Å². The van der Waals surface area contributed by atoms with E-state index in [0.717, 1.165) is 31.6 Å². The lowest BCUT2D eigenvalue weighted by molar-refractivity contribution is 0.00923. The van der Waals surface area contributed by atoms with Crippen LogP contribution < -0.4 is 5.32 Å². The Morgan fingerprint density at radius 2 is 2.29 bits per heavy atom. The van der Waals surface area contributed by atoms with Gasteiger partial charge in [-0.3, -0.25) is 4.98 Å². The Hall–Kier alpha value is -1.09. The molecular weight excluding hydrogens is 212 g/mol. The van der Waals surface area contributed by atoms with Crippen LogP contribution in [0.25, 0.3) is 0 Å². The number of nitrogens with zero attached hydrogens (tertiary/aromatic N) is 1. The zero-order valence-corrected chi connectivity index (χ0v) is 11.0. The minimum atomic E-state index is 0.415. The van der Waals surface area contributed by atoms with Gasteiger partial charge < -0.3 is 10.1 Å². The second kappa shape index (κ2) is 5.50. The van der Waals surface area contributed by atoms with E-state index in [1.807, 2.05) is 6.20 Å². The topological polar surface area (TPSA) is 34.2 Å². The summed E-state index contributed by atoms with van der Waals surface area (Å²) in [6, 6.07) is 2.58. The van der Waals surface area contributed by atoms with E-state index in [9.17, 15) is 0 Å². The fraction of sp³-hybridized carbons (Fsp3) is 0.643. The Morgan fingerprint density at radius 1 is 1.47 bits per heavy atom. The lowest BCUT2D eigenvalue weighted by atomic mass is 10.0. The third-order valence-corrected chi connectivity index (χ3v) is 3.52. The van der Waals surface area contributed by atoms with Crippen LogP contribution in [0.3, 0.4) is 0 Å². The van der Waals surface area contributed by atoms with Crippen molar-refractivity contribution in [1.82, 2.24) is 4.98 Å². The van der Waals surface area contributed by atoms with E-state index in [1.165, 1.54) is 11.3 Å². The second-order valence-electron chi connectivity index (χ2n) is 4.85.